The molecule has 0 saturated carbocycles. The minimum Gasteiger partial charge on any atom is -0.449 e. The van der Waals surface area contributed by atoms with Crippen LogP contribution >= 0.6 is 0 Å². The smallest absolute Gasteiger partial charge is 0.449 e. The van der Waals surface area contributed by atoms with Crippen molar-refractivity contribution in [3.05, 3.63) is 76.3 Å². The van der Waals surface area contributed by atoms with Gasteiger partial charge in [-0.15, -0.1) is 0 Å². The molecule has 10 nitrogen and oxygen atoms in total. The minimum absolute atomic E-state index is 0.00226. The molecule has 2 heterocycles. The third-order valence-electron chi connectivity index (χ3n) is 4.29. The van der Waals surface area contributed by atoms with Crippen LogP contribution in [0.4, 0.5) is 10.5 Å². The molecule has 0 bridgehead atoms. The second-order valence-electron chi connectivity index (χ2n) is 6.23. The van der Waals surface area contributed by atoms with Crippen LogP contribution in [0.3, 0.4) is 0 Å². The van der Waals surface area contributed by atoms with E-state index < -0.39 is 6.16 Å². The first-order valence-electron chi connectivity index (χ1n) is 8.75. The van der Waals surface area contributed by atoms with Gasteiger partial charge in [-0.3, -0.25) is 9.78 Å². The minimum atomic E-state index is -1.47. The highest BCUT2D eigenvalue weighted by Crippen LogP contribution is 2.18. The van der Waals surface area contributed by atoms with Gasteiger partial charge in [0.2, 0.25) is 5.95 Å². The molecule has 0 amide bonds. The van der Waals surface area contributed by atoms with Crippen LogP contribution in [-0.2, 0) is 6.54 Å². The summed E-state index contributed by atoms with van der Waals surface area (Å²) < 4.78 is 5.73. The van der Waals surface area contributed by atoms with Gasteiger partial charge < -0.3 is 15.2 Å². The Balaban J connectivity index is 1.60. The number of carbonyl (C=O) groups is 1. The van der Waals surface area contributed by atoms with Crippen molar-refractivity contribution in [2.24, 2.45) is 0 Å². The number of nitrogens with one attached hydrogen (secondary N) is 2. The number of anilines is 1. The molecular weight excluding hydrogens is 388 g/mol. The average Bonchev–Trinajstić information content (AvgIpc) is 3.20. The van der Waals surface area contributed by atoms with Gasteiger partial charge in [-0.05, 0) is 29.8 Å². The van der Waals surface area contributed by atoms with Gasteiger partial charge in [-0.2, -0.15) is 10.4 Å². The Morgan fingerprint density at radius 1 is 1.30 bits per heavy atom. The number of aromatic nitrogens is 4. The van der Waals surface area contributed by atoms with Crippen molar-refractivity contribution in [1.29, 1.82) is 5.26 Å². The van der Waals surface area contributed by atoms with E-state index in [4.69, 9.17) is 5.11 Å². The lowest BCUT2D eigenvalue weighted by atomic mass is 10.1. The molecule has 0 aliphatic heterocycles. The number of nitriles is 1. The molecule has 3 N–H and O–H groups in total. The fraction of sp³-hybridized carbons (Fsp3) is 0.0500. The molecule has 2 aromatic heterocycles. The number of ether oxygens (including phenoxy) is 1. The number of nitrogens with zero attached hydrogens (tertiary/aromatic N) is 4. The summed E-state index contributed by atoms with van der Waals surface area (Å²) in [7, 11) is 0. The number of fused-ring (bicyclic) bond motifs is 1. The third kappa shape index (κ3) is 3.81. The number of H-pyrrole nitrogens is 1. The van der Waals surface area contributed by atoms with Crippen LogP contribution in [0, 0.1) is 11.3 Å². The van der Waals surface area contributed by atoms with Crippen LogP contribution in [0.25, 0.3) is 16.9 Å². The molecule has 0 atom stereocenters. The van der Waals surface area contributed by atoms with Crippen LogP contribution in [0.1, 0.15) is 11.1 Å². The van der Waals surface area contributed by atoms with Crippen LogP contribution < -0.4 is 15.6 Å². The van der Waals surface area contributed by atoms with Gasteiger partial charge in [0, 0.05) is 12.2 Å². The highest BCUT2D eigenvalue weighted by molar-refractivity contribution is 5.82. The van der Waals surface area contributed by atoms with Crippen LogP contribution in [0.5, 0.6) is 5.75 Å². The fourth-order valence-corrected chi connectivity index (χ4v) is 2.90. The predicted octanol–water partition coefficient (Wildman–Crippen LogP) is 2.65. The van der Waals surface area contributed by atoms with E-state index in [0.29, 0.717) is 28.7 Å². The second-order valence-corrected chi connectivity index (χ2v) is 6.23. The first-order chi connectivity index (χ1) is 14.5. The van der Waals surface area contributed by atoms with E-state index in [-0.39, 0.29) is 17.3 Å². The predicted molar refractivity (Wildman–Crippen MR) is 107 cm³/mol. The van der Waals surface area contributed by atoms with Crippen LogP contribution in [0.15, 0.2) is 59.7 Å². The van der Waals surface area contributed by atoms with E-state index in [1.54, 1.807) is 30.3 Å². The monoisotopic (exact) mass is 402 g/mol. The zero-order chi connectivity index (χ0) is 21.1. The van der Waals surface area contributed by atoms with Crippen molar-refractivity contribution in [3.8, 4) is 17.8 Å². The van der Waals surface area contributed by atoms with Gasteiger partial charge in [0.1, 0.15) is 0 Å². The van der Waals surface area contributed by atoms with Gasteiger partial charge in [-0.25, -0.2) is 14.5 Å². The highest BCUT2D eigenvalue weighted by Gasteiger charge is 2.10. The molecule has 0 aliphatic carbocycles. The summed E-state index contributed by atoms with van der Waals surface area (Å²) in [5, 5.41) is 25.3. The molecule has 4 rings (SSSR count). The molecule has 0 fully saturated rings. The Bertz CT molecular complexity index is 1350. The molecule has 4 aromatic rings. The Morgan fingerprint density at radius 3 is 2.93 bits per heavy atom. The average molecular weight is 402 g/mol. The summed E-state index contributed by atoms with van der Waals surface area (Å²) in [5.41, 5.74) is 2.19. The largest absolute Gasteiger partial charge is 0.511 e. The topological polar surface area (TPSA) is 146 Å². The van der Waals surface area contributed by atoms with Crippen LogP contribution in [0.2, 0.25) is 0 Å². The standard InChI is InChI=1S/C20H14N6O4/c21-8-12-3-1-2-4-13(12)9-22-14-5-6-17-16(7-14)18(27)25-19(24-17)26-11-15(10-23-26)30-20(28)29/h1-7,10-11,22H,9H2,(H,28,29)(H,24,25,27). The van der Waals surface area contributed by atoms with Crippen LogP contribution in [-0.4, -0.2) is 31.0 Å². The SMILES string of the molecule is N#Cc1ccccc1CNc1ccc2nc(-n3cc(OC(=O)O)cn3)[nH]c(=O)c2c1. The van der Waals surface area contributed by atoms with E-state index in [1.165, 1.54) is 17.1 Å². The Kier molecular flexibility index (Phi) is 4.84. The molecule has 30 heavy (non-hydrogen) atoms. The van der Waals surface area contributed by atoms with Crippen molar-refractivity contribution in [2.45, 2.75) is 6.54 Å². The number of aromatic amines is 1. The Morgan fingerprint density at radius 2 is 2.13 bits per heavy atom. The zero-order valence-corrected chi connectivity index (χ0v) is 15.4. The Hall–Kier alpha value is -4.65. The molecule has 148 valence electrons. The quantitative estimate of drug-likeness (QED) is 0.432. The van der Waals surface area contributed by atoms with Gasteiger partial charge in [0.25, 0.3) is 5.56 Å². The van der Waals surface area contributed by atoms with Gasteiger partial charge in [0.05, 0.1) is 34.9 Å². The van der Waals surface area contributed by atoms with Crippen molar-refractivity contribution in [3.63, 3.8) is 0 Å². The van der Waals surface area contributed by atoms with Gasteiger partial charge in [0.15, 0.2) is 5.75 Å². The number of hydrogen-bond donors (Lipinski definition) is 3. The molecule has 0 aliphatic rings. The maximum atomic E-state index is 12.6. The molecule has 0 saturated heterocycles. The molecule has 0 unspecified atom stereocenters. The van der Waals surface area contributed by atoms with Crippen molar-refractivity contribution < 1.29 is 14.6 Å². The van der Waals surface area contributed by atoms with Crippen molar-refractivity contribution in [1.82, 2.24) is 19.7 Å². The summed E-state index contributed by atoms with van der Waals surface area (Å²) in [5.74, 6) is 0.124. The normalized spacial score (nSPS) is 10.5. The summed E-state index contributed by atoms with van der Waals surface area (Å²) in [6.45, 7) is 0.429. The lowest BCUT2D eigenvalue weighted by Crippen LogP contribution is -2.14. The first-order valence-corrected chi connectivity index (χ1v) is 8.75. The number of carboxylic acid groups (broad SMARTS) is 1. The van der Waals surface area contributed by atoms with E-state index in [9.17, 15) is 14.9 Å². The summed E-state index contributed by atoms with van der Waals surface area (Å²) in [6.07, 6.45) is 1.03. The first kappa shape index (κ1) is 18.7. The zero-order valence-electron chi connectivity index (χ0n) is 15.4. The molecule has 0 radical (unpaired) electrons. The van der Waals surface area contributed by atoms with E-state index in [2.05, 4.69) is 31.2 Å². The summed E-state index contributed by atoms with van der Waals surface area (Å²) in [6, 6.07) is 14.5. The van der Waals surface area contributed by atoms with Crippen molar-refractivity contribution >= 4 is 22.7 Å². The lowest BCUT2D eigenvalue weighted by Gasteiger charge is -2.09. The highest BCUT2D eigenvalue weighted by atomic mass is 16.7. The second kappa shape index (κ2) is 7.76. The van der Waals surface area contributed by atoms with Crippen molar-refractivity contribution in [2.75, 3.05) is 5.32 Å². The molecule has 2 aromatic carbocycles. The van der Waals surface area contributed by atoms with Gasteiger partial charge >= 0.3 is 6.16 Å². The molecular formula is C20H14N6O4. The lowest BCUT2D eigenvalue weighted by molar-refractivity contribution is 0.144. The molecule has 10 heteroatoms. The number of rotatable bonds is 5. The van der Waals surface area contributed by atoms with E-state index in [1.807, 2.05) is 12.1 Å². The fourth-order valence-electron chi connectivity index (χ4n) is 2.90. The summed E-state index contributed by atoms with van der Waals surface area (Å²) >= 11 is 0. The van der Waals surface area contributed by atoms with E-state index in [0.717, 1.165) is 5.56 Å². The van der Waals surface area contributed by atoms with Gasteiger partial charge in [-0.1, -0.05) is 18.2 Å². The summed E-state index contributed by atoms with van der Waals surface area (Å²) in [4.78, 5) is 30.1. The number of benzene rings is 2. The number of hydrogen-bond acceptors (Lipinski definition) is 7. The van der Waals surface area contributed by atoms with E-state index >= 15 is 0 Å². The maximum Gasteiger partial charge on any atom is 0.511 e. The molecule has 0 spiro atoms. The third-order valence-corrected chi connectivity index (χ3v) is 4.29. The maximum absolute atomic E-state index is 12.6. The Labute approximate surface area is 169 Å².